The van der Waals surface area contributed by atoms with Crippen LogP contribution in [0.5, 0.6) is 11.5 Å². The first-order valence-electron chi connectivity index (χ1n) is 8.89. The first-order chi connectivity index (χ1) is 14.0. The lowest BCUT2D eigenvalue weighted by atomic mass is 9.98. The highest BCUT2D eigenvalue weighted by Crippen LogP contribution is 2.40. The van der Waals surface area contributed by atoms with Crippen LogP contribution in [-0.2, 0) is 4.74 Å². The molecule has 0 spiro atoms. The number of amides is 1. The van der Waals surface area contributed by atoms with Crippen molar-refractivity contribution < 1.29 is 28.2 Å². The topological polar surface area (TPSA) is 89.2 Å². The Balaban J connectivity index is 1.98. The van der Waals surface area contributed by atoms with Gasteiger partial charge in [-0.25, -0.2) is 4.39 Å². The van der Waals surface area contributed by atoms with Crippen LogP contribution in [-0.4, -0.2) is 43.3 Å². The van der Waals surface area contributed by atoms with E-state index in [9.17, 15) is 19.1 Å². The van der Waals surface area contributed by atoms with Gasteiger partial charge in [0.1, 0.15) is 11.4 Å². The molecule has 0 saturated heterocycles. The first kappa shape index (κ1) is 18.9. The number of phenolic OH excluding ortho intramolecular Hbond substituents is 1. The molecule has 0 saturated carbocycles. The highest BCUT2D eigenvalue weighted by molar-refractivity contribution is 5.99. The number of aromatic hydroxyl groups is 1. The number of rotatable bonds is 5. The van der Waals surface area contributed by atoms with E-state index in [-0.39, 0.29) is 46.9 Å². The Kier molecular flexibility index (Phi) is 4.71. The van der Waals surface area contributed by atoms with Gasteiger partial charge in [-0.05, 0) is 35.9 Å². The minimum absolute atomic E-state index is 0.0564. The number of ether oxygens (including phenoxy) is 2. The summed E-state index contributed by atoms with van der Waals surface area (Å²) >= 11 is 0. The van der Waals surface area contributed by atoms with Gasteiger partial charge in [0.25, 0.3) is 5.91 Å². The van der Waals surface area contributed by atoms with Crippen LogP contribution in [0.15, 0.2) is 45.6 Å². The fourth-order valence-corrected chi connectivity index (χ4v) is 3.62. The number of methoxy groups -OCH3 is 2. The number of fused-ring (bicyclic) bond motifs is 2. The molecule has 1 aromatic heterocycles. The summed E-state index contributed by atoms with van der Waals surface area (Å²) in [5.41, 5.74) is 0.327. The Morgan fingerprint density at radius 1 is 1.17 bits per heavy atom. The van der Waals surface area contributed by atoms with Crippen LogP contribution >= 0.6 is 0 Å². The minimum Gasteiger partial charge on any atom is -0.504 e. The molecule has 0 aliphatic carbocycles. The standard InChI is InChI=1S/C21H18FNO6/c1-27-8-7-23-18(11-3-5-14(24)16(9-11)28-2)17-19(25)13-10-12(22)4-6-15(13)29-20(17)21(23)26/h3-6,9-10,18,24H,7-8H2,1-2H3/t18-/m1/s1. The molecule has 7 nitrogen and oxygen atoms in total. The van der Waals surface area contributed by atoms with Crippen LogP contribution in [0.3, 0.4) is 0 Å². The second-order valence-corrected chi connectivity index (χ2v) is 6.64. The highest BCUT2D eigenvalue weighted by atomic mass is 19.1. The molecule has 0 fully saturated rings. The fourth-order valence-electron chi connectivity index (χ4n) is 3.62. The second-order valence-electron chi connectivity index (χ2n) is 6.64. The van der Waals surface area contributed by atoms with E-state index in [1.807, 2.05) is 0 Å². The van der Waals surface area contributed by atoms with Gasteiger partial charge in [-0.1, -0.05) is 6.07 Å². The highest BCUT2D eigenvalue weighted by Gasteiger charge is 2.42. The molecule has 29 heavy (non-hydrogen) atoms. The van der Waals surface area contributed by atoms with Crippen molar-refractivity contribution in [2.24, 2.45) is 0 Å². The Labute approximate surface area is 164 Å². The Morgan fingerprint density at radius 2 is 1.97 bits per heavy atom. The van der Waals surface area contributed by atoms with E-state index in [1.165, 1.54) is 37.3 Å². The average molecular weight is 399 g/mol. The fraction of sp³-hybridized carbons (Fsp3) is 0.238. The first-order valence-corrected chi connectivity index (χ1v) is 8.89. The third kappa shape index (κ3) is 3.01. The van der Waals surface area contributed by atoms with Gasteiger partial charge in [-0.2, -0.15) is 0 Å². The summed E-state index contributed by atoms with van der Waals surface area (Å²) in [7, 11) is 2.91. The van der Waals surface area contributed by atoms with Gasteiger partial charge in [0.2, 0.25) is 5.76 Å². The van der Waals surface area contributed by atoms with Crippen LogP contribution in [0.25, 0.3) is 11.0 Å². The van der Waals surface area contributed by atoms with E-state index in [1.54, 1.807) is 12.1 Å². The normalized spacial score (nSPS) is 15.8. The van der Waals surface area contributed by atoms with Gasteiger partial charge in [-0.15, -0.1) is 0 Å². The Bertz CT molecular complexity index is 1170. The molecule has 1 N–H and O–H groups in total. The van der Waals surface area contributed by atoms with Crippen LogP contribution < -0.4 is 10.2 Å². The maximum absolute atomic E-state index is 13.7. The molecule has 2 heterocycles. The molecule has 1 amide bonds. The number of carbonyl (C=O) groups excluding carboxylic acids is 1. The van der Waals surface area contributed by atoms with Crippen molar-refractivity contribution in [1.82, 2.24) is 4.90 Å². The molecule has 2 aromatic carbocycles. The van der Waals surface area contributed by atoms with Gasteiger partial charge < -0.3 is 23.9 Å². The number of benzene rings is 2. The summed E-state index contributed by atoms with van der Waals surface area (Å²) in [5, 5.41) is 9.97. The van der Waals surface area contributed by atoms with Crippen molar-refractivity contribution in [3.8, 4) is 11.5 Å². The quantitative estimate of drug-likeness (QED) is 0.710. The van der Waals surface area contributed by atoms with Crippen molar-refractivity contribution in [2.75, 3.05) is 27.4 Å². The van der Waals surface area contributed by atoms with Gasteiger partial charge in [-0.3, -0.25) is 9.59 Å². The van der Waals surface area contributed by atoms with Gasteiger partial charge in [0.15, 0.2) is 16.9 Å². The number of hydrogen-bond donors (Lipinski definition) is 1. The predicted octanol–water partition coefficient (Wildman–Crippen LogP) is 2.84. The molecule has 1 aliphatic rings. The molecule has 4 rings (SSSR count). The Morgan fingerprint density at radius 3 is 2.69 bits per heavy atom. The van der Waals surface area contributed by atoms with Crippen molar-refractivity contribution in [3.05, 3.63) is 69.3 Å². The lowest BCUT2D eigenvalue weighted by Crippen LogP contribution is -2.32. The molecular weight excluding hydrogens is 381 g/mol. The van der Waals surface area contributed by atoms with Crippen LogP contribution in [0.4, 0.5) is 4.39 Å². The van der Waals surface area contributed by atoms with E-state index >= 15 is 0 Å². The molecule has 8 heteroatoms. The maximum Gasteiger partial charge on any atom is 0.290 e. The minimum atomic E-state index is -0.786. The van der Waals surface area contributed by atoms with E-state index in [4.69, 9.17) is 13.9 Å². The monoisotopic (exact) mass is 399 g/mol. The van der Waals surface area contributed by atoms with Crippen molar-refractivity contribution >= 4 is 16.9 Å². The lowest BCUT2D eigenvalue weighted by Gasteiger charge is -2.25. The second kappa shape index (κ2) is 7.21. The number of halogens is 1. The lowest BCUT2D eigenvalue weighted by molar-refractivity contribution is 0.0663. The number of carbonyl (C=O) groups is 1. The zero-order valence-electron chi connectivity index (χ0n) is 15.8. The molecule has 0 radical (unpaired) electrons. The zero-order chi connectivity index (χ0) is 20.7. The van der Waals surface area contributed by atoms with Gasteiger partial charge in [0, 0.05) is 13.7 Å². The number of nitrogens with zero attached hydrogens (tertiary/aromatic N) is 1. The summed E-state index contributed by atoms with van der Waals surface area (Å²) in [4.78, 5) is 27.7. The summed E-state index contributed by atoms with van der Waals surface area (Å²) in [5.74, 6) is -0.990. The average Bonchev–Trinajstić information content (AvgIpc) is 2.99. The Hall–Kier alpha value is -3.39. The van der Waals surface area contributed by atoms with Crippen LogP contribution in [0.2, 0.25) is 0 Å². The molecule has 3 aromatic rings. The number of hydrogen-bond acceptors (Lipinski definition) is 6. The molecule has 150 valence electrons. The predicted molar refractivity (Wildman–Crippen MR) is 102 cm³/mol. The summed E-state index contributed by atoms with van der Waals surface area (Å²) in [6, 6.07) is 7.38. The van der Waals surface area contributed by atoms with Gasteiger partial charge in [0.05, 0.1) is 30.7 Å². The van der Waals surface area contributed by atoms with Gasteiger partial charge >= 0.3 is 0 Å². The SMILES string of the molecule is COCCN1C(=O)c2oc3ccc(F)cc3c(=O)c2[C@H]1c1ccc(O)c(OC)c1. The van der Waals surface area contributed by atoms with Crippen molar-refractivity contribution in [1.29, 1.82) is 0 Å². The van der Waals surface area contributed by atoms with Crippen molar-refractivity contribution in [3.63, 3.8) is 0 Å². The van der Waals surface area contributed by atoms with Crippen LogP contribution in [0.1, 0.15) is 27.7 Å². The maximum atomic E-state index is 13.7. The zero-order valence-corrected chi connectivity index (χ0v) is 15.8. The largest absolute Gasteiger partial charge is 0.504 e. The van der Waals surface area contributed by atoms with E-state index in [2.05, 4.69) is 0 Å². The van der Waals surface area contributed by atoms with E-state index in [0.29, 0.717) is 5.56 Å². The summed E-state index contributed by atoms with van der Waals surface area (Å²) in [6.45, 7) is 0.450. The van der Waals surface area contributed by atoms with Crippen LogP contribution in [0, 0.1) is 5.82 Å². The molecule has 0 bridgehead atoms. The molecule has 0 unspecified atom stereocenters. The third-order valence-corrected chi connectivity index (χ3v) is 4.98. The third-order valence-electron chi connectivity index (χ3n) is 4.98. The molecule has 1 aliphatic heterocycles. The van der Waals surface area contributed by atoms with E-state index in [0.717, 1.165) is 6.07 Å². The smallest absolute Gasteiger partial charge is 0.290 e. The number of phenols is 1. The van der Waals surface area contributed by atoms with Crippen molar-refractivity contribution in [2.45, 2.75) is 6.04 Å². The molecular formula is C21H18FNO6. The summed E-state index contributed by atoms with van der Waals surface area (Å²) < 4.78 is 29.7. The molecule has 1 atom stereocenters. The van der Waals surface area contributed by atoms with E-state index < -0.39 is 23.2 Å². The summed E-state index contributed by atoms with van der Waals surface area (Å²) in [6.07, 6.45) is 0.